The van der Waals surface area contributed by atoms with E-state index in [-0.39, 0.29) is 5.41 Å². The van der Waals surface area contributed by atoms with Crippen LogP contribution in [0.15, 0.2) is 91.0 Å². The largest absolute Gasteiger partial charge is 0.748 e. The van der Waals surface area contributed by atoms with Gasteiger partial charge in [-0.2, -0.15) is 0 Å². The molecule has 0 atom stereocenters. The number of nitrogens with zero attached hydrogens (tertiary/aromatic N) is 1. The smallest absolute Gasteiger partial charge is 0.121 e. The number of hydrogen-bond donors (Lipinski definition) is 1. The second kappa shape index (κ2) is 11.5. The summed E-state index contributed by atoms with van der Waals surface area (Å²) in [6, 6.07) is 31.1. The molecular weight excluding hydrogens is 486 g/mol. The minimum absolute atomic E-state index is 0.111. The molecule has 6 rings (SSSR count). The van der Waals surface area contributed by atoms with Crippen LogP contribution < -0.4 is 0 Å². The average molecular weight is 524 g/mol. The van der Waals surface area contributed by atoms with Crippen LogP contribution in [0.5, 0.6) is 0 Å². The maximum absolute atomic E-state index is 12.4. The molecule has 0 aromatic heterocycles. The summed E-state index contributed by atoms with van der Waals surface area (Å²) >= 11 is 0. The number of quaternary nitrogens is 1. The van der Waals surface area contributed by atoms with E-state index in [0.29, 0.717) is 12.9 Å². The fourth-order valence-corrected chi connectivity index (χ4v) is 6.10. The lowest BCUT2D eigenvalue weighted by Crippen LogP contribution is -2.67. The van der Waals surface area contributed by atoms with Gasteiger partial charge in [0.05, 0.1) is 43.0 Å². The molecule has 198 valence electrons. The first-order chi connectivity index (χ1) is 17.7. The van der Waals surface area contributed by atoms with E-state index in [2.05, 4.69) is 72.8 Å². The summed E-state index contributed by atoms with van der Waals surface area (Å²) in [6.07, 6.45) is 3.75. The number of piperidine rings is 3. The van der Waals surface area contributed by atoms with E-state index >= 15 is 0 Å². The Labute approximate surface area is 220 Å². The Kier molecular flexibility index (Phi) is 8.51. The highest BCUT2D eigenvalue weighted by Gasteiger charge is 2.60. The van der Waals surface area contributed by atoms with Gasteiger partial charge in [-0.1, -0.05) is 91.0 Å². The molecule has 0 spiro atoms. The Morgan fingerprint density at radius 3 is 1.68 bits per heavy atom. The summed E-state index contributed by atoms with van der Waals surface area (Å²) in [4.78, 5) is 0. The zero-order valence-electron chi connectivity index (χ0n) is 21.5. The Morgan fingerprint density at radius 2 is 1.24 bits per heavy atom. The van der Waals surface area contributed by atoms with Gasteiger partial charge in [-0.25, -0.2) is 8.42 Å². The molecule has 3 aliphatic heterocycles. The molecule has 3 aromatic carbocycles. The van der Waals surface area contributed by atoms with Gasteiger partial charge in [-0.05, 0) is 16.7 Å². The van der Waals surface area contributed by atoms with Crippen LogP contribution in [0.25, 0.3) is 0 Å². The number of rotatable bonds is 8. The summed E-state index contributed by atoms with van der Waals surface area (Å²) < 4.78 is 34.4. The van der Waals surface area contributed by atoms with Crippen LogP contribution in [0.2, 0.25) is 0 Å². The summed E-state index contributed by atoms with van der Waals surface area (Å²) in [6.45, 7) is 5.91. The van der Waals surface area contributed by atoms with Gasteiger partial charge in [0.25, 0.3) is 0 Å². The summed E-state index contributed by atoms with van der Waals surface area (Å²) in [5.41, 5.74) is 2.23. The van der Waals surface area contributed by atoms with E-state index in [1.54, 1.807) is 0 Å². The van der Waals surface area contributed by atoms with Crippen molar-refractivity contribution < 1.29 is 27.3 Å². The van der Waals surface area contributed by atoms with Gasteiger partial charge in [0.1, 0.15) is 12.1 Å². The monoisotopic (exact) mass is 523 g/mol. The van der Waals surface area contributed by atoms with Crippen LogP contribution in [0.4, 0.5) is 0 Å². The van der Waals surface area contributed by atoms with Crippen molar-refractivity contribution in [1.29, 1.82) is 0 Å². The third kappa shape index (κ3) is 6.48. The third-order valence-electron chi connectivity index (χ3n) is 8.17. The van der Waals surface area contributed by atoms with Crippen molar-refractivity contribution in [3.8, 4) is 0 Å². The number of ether oxygens (including phenoxy) is 1. The molecule has 1 N–H and O–H groups in total. The van der Waals surface area contributed by atoms with Crippen LogP contribution >= 0.6 is 0 Å². The summed E-state index contributed by atoms with van der Waals surface area (Å²) in [5, 5.41) is 12.4. The molecule has 0 amide bonds. The van der Waals surface area contributed by atoms with E-state index in [1.807, 2.05) is 18.2 Å². The maximum Gasteiger partial charge on any atom is 0.121 e. The molecule has 3 aromatic rings. The Hall–Kier alpha value is -2.55. The van der Waals surface area contributed by atoms with Gasteiger partial charge < -0.3 is 18.9 Å². The summed E-state index contributed by atoms with van der Waals surface area (Å²) in [7, 11) is -3.92. The number of fused-ring (bicyclic) bond motifs is 3. The standard InChI is InChI=1S/C29H34NO2.CH4O3S/c31-29(26-12-6-2-7-13-26,27-14-8-3-9-15-27)28-16-19-30(20-17-28,21-18-28)22-23-32-24-25-10-4-1-5-11-25;1-5(2,3)4/h1-15,31H,16-24H2;1H3,(H,2,3,4)/q+1;/p-1. The fourth-order valence-electron chi connectivity index (χ4n) is 6.10. The van der Waals surface area contributed by atoms with E-state index in [4.69, 9.17) is 17.7 Å². The predicted molar refractivity (Wildman–Crippen MR) is 144 cm³/mol. The quantitative estimate of drug-likeness (QED) is 0.270. The second-order valence-corrected chi connectivity index (χ2v) is 11.9. The van der Waals surface area contributed by atoms with Crippen LogP contribution in [0.3, 0.4) is 0 Å². The highest BCUT2D eigenvalue weighted by atomic mass is 32.2. The third-order valence-corrected chi connectivity index (χ3v) is 8.17. The van der Waals surface area contributed by atoms with Gasteiger partial charge in [-0.15, -0.1) is 0 Å². The molecule has 2 bridgehead atoms. The van der Waals surface area contributed by atoms with Crippen LogP contribution in [-0.4, -0.2) is 61.6 Å². The maximum atomic E-state index is 12.4. The average Bonchev–Trinajstić information content (AvgIpc) is 2.92. The molecule has 7 heteroatoms. The topological polar surface area (TPSA) is 86.7 Å². The first-order valence-corrected chi connectivity index (χ1v) is 14.7. The van der Waals surface area contributed by atoms with E-state index in [9.17, 15) is 5.11 Å². The molecule has 3 aliphatic rings. The van der Waals surface area contributed by atoms with Crippen molar-refractivity contribution in [2.75, 3.05) is 39.0 Å². The van der Waals surface area contributed by atoms with Crippen molar-refractivity contribution >= 4 is 10.1 Å². The minimum atomic E-state index is -3.92. The molecule has 0 radical (unpaired) electrons. The molecule has 3 saturated heterocycles. The number of hydrogen-bond acceptors (Lipinski definition) is 5. The van der Waals surface area contributed by atoms with Crippen molar-refractivity contribution in [1.82, 2.24) is 0 Å². The van der Waals surface area contributed by atoms with E-state index in [0.717, 1.165) is 67.7 Å². The van der Waals surface area contributed by atoms with E-state index in [1.165, 1.54) is 5.56 Å². The van der Waals surface area contributed by atoms with Crippen LogP contribution in [-0.2, 0) is 27.1 Å². The molecule has 0 unspecified atom stereocenters. The van der Waals surface area contributed by atoms with Gasteiger partial charge in [0.15, 0.2) is 0 Å². The lowest BCUT2D eigenvalue weighted by atomic mass is 9.56. The van der Waals surface area contributed by atoms with Crippen molar-refractivity contribution in [3.63, 3.8) is 0 Å². The minimum Gasteiger partial charge on any atom is -0.748 e. The Bertz CT molecular complexity index is 1160. The molecule has 6 nitrogen and oxygen atoms in total. The summed E-state index contributed by atoms with van der Waals surface area (Å²) in [5.74, 6) is 0. The van der Waals surface area contributed by atoms with Crippen molar-refractivity contribution in [2.45, 2.75) is 31.5 Å². The zero-order chi connectivity index (χ0) is 26.4. The number of benzene rings is 3. The highest BCUT2D eigenvalue weighted by molar-refractivity contribution is 7.84. The SMILES string of the molecule is CS(=O)(=O)[O-].OC(c1ccccc1)(c1ccccc1)C12CC[N+](CCOCc3ccccc3)(CC1)CC2. The second-order valence-electron chi connectivity index (χ2n) is 10.5. The Morgan fingerprint density at radius 1 is 0.838 bits per heavy atom. The normalized spacial score (nSPS) is 23.2. The molecule has 0 aliphatic carbocycles. The van der Waals surface area contributed by atoms with Gasteiger partial charge >= 0.3 is 0 Å². The van der Waals surface area contributed by atoms with Gasteiger partial charge in [0.2, 0.25) is 0 Å². The van der Waals surface area contributed by atoms with Gasteiger partial charge in [-0.3, -0.25) is 0 Å². The van der Waals surface area contributed by atoms with Crippen LogP contribution in [0, 0.1) is 5.41 Å². The van der Waals surface area contributed by atoms with Crippen molar-refractivity contribution in [3.05, 3.63) is 108 Å². The first-order valence-electron chi connectivity index (χ1n) is 12.9. The fraction of sp³-hybridized carbons (Fsp3) is 0.400. The molecule has 3 heterocycles. The molecule has 0 saturated carbocycles. The lowest BCUT2D eigenvalue weighted by molar-refractivity contribution is -0.946. The predicted octanol–water partition coefficient (Wildman–Crippen LogP) is 4.30. The van der Waals surface area contributed by atoms with Crippen LogP contribution in [0.1, 0.15) is 36.0 Å². The first kappa shape index (κ1) is 27.5. The van der Waals surface area contributed by atoms with Crippen molar-refractivity contribution in [2.24, 2.45) is 5.41 Å². The highest BCUT2D eigenvalue weighted by Crippen LogP contribution is 2.57. The van der Waals surface area contributed by atoms with Gasteiger partial charge in [0, 0.05) is 30.9 Å². The number of aliphatic hydroxyl groups is 1. The zero-order valence-corrected chi connectivity index (χ0v) is 22.3. The Balaban J connectivity index is 0.000000586. The molecule has 3 fully saturated rings. The molecular formula is C30H37NO5S. The lowest BCUT2D eigenvalue weighted by Gasteiger charge is -2.60. The van der Waals surface area contributed by atoms with E-state index < -0.39 is 15.7 Å². The molecule has 37 heavy (non-hydrogen) atoms.